The van der Waals surface area contributed by atoms with Gasteiger partial charge in [0.25, 0.3) is 5.56 Å². The Bertz CT molecular complexity index is 1360. The van der Waals surface area contributed by atoms with Crippen LogP contribution in [0.1, 0.15) is 16.7 Å². The molecule has 3 rings (SSSR count). The summed E-state index contributed by atoms with van der Waals surface area (Å²) in [5, 5.41) is 28.1. The van der Waals surface area contributed by atoms with Crippen molar-refractivity contribution < 1.29 is 0 Å². The average molecular weight is 403 g/mol. The number of halogens is 1. The van der Waals surface area contributed by atoms with Gasteiger partial charge in [-0.25, -0.2) is 0 Å². The average Bonchev–Trinajstić information content (AvgIpc) is 3.02. The summed E-state index contributed by atoms with van der Waals surface area (Å²) in [6.45, 7) is 1.77. The summed E-state index contributed by atoms with van der Waals surface area (Å²) in [4.78, 5) is 13.1. The molecule has 28 heavy (non-hydrogen) atoms. The predicted octanol–water partition coefficient (Wildman–Crippen LogP) is 2.76. The standard InChI is InChI=1S/C21H11ClN4OS/c1-13-17(22)3-2-4-18(13)26-20(27)19(28-21(26)16(11-24)12-25)9-14-5-7-15(10-23)8-6-14/h2-9H,1H3/b19-9+. The molecule has 1 heterocycles. The fourth-order valence-corrected chi connectivity index (χ4v) is 3.85. The molecule has 0 saturated carbocycles. The van der Waals surface area contributed by atoms with E-state index in [1.54, 1.807) is 55.5 Å². The van der Waals surface area contributed by atoms with Crippen LogP contribution >= 0.6 is 22.9 Å². The SMILES string of the molecule is Cc1c(Cl)cccc1-n1c(=C(C#N)C#N)s/c(=C/c2ccc(C#N)cc2)c1=O. The van der Waals surface area contributed by atoms with Crippen LogP contribution in [0, 0.1) is 40.9 Å². The molecule has 0 aliphatic rings. The normalized spacial score (nSPS) is 10.8. The topological polar surface area (TPSA) is 93.4 Å². The van der Waals surface area contributed by atoms with E-state index in [2.05, 4.69) is 0 Å². The molecule has 0 fully saturated rings. The largest absolute Gasteiger partial charge is 0.273 e. The summed E-state index contributed by atoms with van der Waals surface area (Å²) in [6, 6.07) is 17.7. The van der Waals surface area contributed by atoms with Gasteiger partial charge in [0.05, 0.1) is 21.9 Å². The van der Waals surface area contributed by atoms with E-state index >= 15 is 0 Å². The van der Waals surface area contributed by atoms with Crippen LogP contribution in [0.3, 0.4) is 0 Å². The zero-order chi connectivity index (χ0) is 20.3. The van der Waals surface area contributed by atoms with E-state index in [1.807, 2.05) is 18.2 Å². The fourth-order valence-electron chi connectivity index (χ4n) is 2.63. The molecule has 2 aromatic carbocycles. The van der Waals surface area contributed by atoms with E-state index < -0.39 is 0 Å². The first-order valence-electron chi connectivity index (χ1n) is 8.04. The summed E-state index contributed by atoms with van der Waals surface area (Å²) in [5.41, 5.74) is 1.94. The molecule has 0 atom stereocenters. The number of nitrogens with zero attached hydrogens (tertiary/aromatic N) is 4. The maximum atomic E-state index is 13.1. The van der Waals surface area contributed by atoms with Crippen LogP contribution in [0.5, 0.6) is 0 Å². The van der Waals surface area contributed by atoms with Crippen LogP contribution in [-0.2, 0) is 0 Å². The van der Waals surface area contributed by atoms with Crippen molar-refractivity contribution in [2.45, 2.75) is 6.92 Å². The smallest absolute Gasteiger partial charge is 0.267 e. The summed E-state index contributed by atoms with van der Waals surface area (Å²) < 4.78 is 1.96. The number of nitriles is 3. The predicted molar refractivity (Wildman–Crippen MR) is 108 cm³/mol. The van der Waals surface area contributed by atoms with Gasteiger partial charge in [0, 0.05) is 5.02 Å². The van der Waals surface area contributed by atoms with Crippen LogP contribution < -0.4 is 14.8 Å². The minimum atomic E-state index is -0.349. The molecule has 3 aromatic rings. The Labute approximate surface area is 169 Å². The Balaban J connectivity index is 2.40. The van der Waals surface area contributed by atoms with Crippen LogP contribution in [0.25, 0.3) is 17.3 Å². The van der Waals surface area contributed by atoms with Crippen LogP contribution in [0.15, 0.2) is 47.3 Å². The lowest BCUT2D eigenvalue weighted by molar-refractivity contribution is 0.975. The number of rotatable bonds is 2. The number of aromatic nitrogens is 1. The molecule has 0 N–H and O–H groups in total. The van der Waals surface area contributed by atoms with Crippen molar-refractivity contribution in [3.63, 3.8) is 0 Å². The van der Waals surface area contributed by atoms with Crippen LogP contribution in [0.2, 0.25) is 5.02 Å². The molecule has 0 spiro atoms. The van der Waals surface area contributed by atoms with Crippen molar-refractivity contribution >= 4 is 34.6 Å². The Kier molecular flexibility index (Phi) is 5.43. The maximum absolute atomic E-state index is 13.1. The van der Waals surface area contributed by atoms with E-state index in [9.17, 15) is 15.3 Å². The van der Waals surface area contributed by atoms with Crippen molar-refractivity contribution in [2.75, 3.05) is 0 Å². The van der Waals surface area contributed by atoms with Gasteiger partial charge in [0.1, 0.15) is 16.8 Å². The second-order valence-corrected chi connectivity index (χ2v) is 7.21. The minimum Gasteiger partial charge on any atom is -0.267 e. The maximum Gasteiger partial charge on any atom is 0.273 e. The molecular formula is C21H11ClN4OS. The lowest BCUT2D eigenvalue weighted by atomic mass is 10.1. The molecule has 0 amide bonds. The highest BCUT2D eigenvalue weighted by Gasteiger charge is 2.14. The van der Waals surface area contributed by atoms with Gasteiger partial charge in [-0.15, -0.1) is 11.3 Å². The van der Waals surface area contributed by atoms with Gasteiger partial charge >= 0.3 is 0 Å². The number of hydrogen-bond acceptors (Lipinski definition) is 5. The van der Waals surface area contributed by atoms with Crippen molar-refractivity contribution in [2.24, 2.45) is 0 Å². The fraction of sp³-hybridized carbons (Fsp3) is 0.0476. The molecule has 5 nitrogen and oxygen atoms in total. The lowest BCUT2D eigenvalue weighted by Crippen LogP contribution is -2.31. The molecule has 134 valence electrons. The highest BCUT2D eigenvalue weighted by molar-refractivity contribution is 7.07. The molecule has 0 radical (unpaired) electrons. The lowest BCUT2D eigenvalue weighted by Gasteiger charge is -2.07. The van der Waals surface area contributed by atoms with Gasteiger partial charge < -0.3 is 0 Å². The van der Waals surface area contributed by atoms with E-state index in [-0.39, 0.29) is 15.8 Å². The summed E-state index contributed by atoms with van der Waals surface area (Å²) in [5.74, 6) is 0. The van der Waals surface area contributed by atoms with Gasteiger partial charge in [0.2, 0.25) is 0 Å². The molecule has 0 aliphatic carbocycles. The Morgan fingerprint density at radius 3 is 2.39 bits per heavy atom. The molecule has 1 aromatic heterocycles. The molecule has 0 bridgehead atoms. The zero-order valence-corrected chi connectivity index (χ0v) is 16.2. The van der Waals surface area contributed by atoms with E-state index in [1.165, 1.54) is 4.57 Å². The van der Waals surface area contributed by atoms with E-state index in [4.69, 9.17) is 16.9 Å². The first-order valence-corrected chi connectivity index (χ1v) is 9.23. The molecule has 0 aliphatic heterocycles. The minimum absolute atomic E-state index is 0.152. The van der Waals surface area contributed by atoms with Crippen molar-refractivity contribution in [3.8, 4) is 23.9 Å². The highest BCUT2D eigenvalue weighted by Crippen LogP contribution is 2.20. The van der Waals surface area contributed by atoms with Crippen molar-refractivity contribution in [1.29, 1.82) is 15.8 Å². The van der Waals surface area contributed by atoms with Crippen LogP contribution in [0.4, 0.5) is 0 Å². The molecule has 7 heteroatoms. The first kappa shape index (κ1) is 19.1. The second-order valence-electron chi connectivity index (χ2n) is 5.77. The third kappa shape index (κ3) is 3.46. The molecule has 0 saturated heterocycles. The Hall–Kier alpha value is -3.63. The third-order valence-corrected chi connectivity index (χ3v) is 5.58. The third-order valence-electron chi connectivity index (χ3n) is 4.08. The number of benzene rings is 2. The van der Waals surface area contributed by atoms with Gasteiger partial charge in [0.15, 0.2) is 5.57 Å². The van der Waals surface area contributed by atoms with Gasteiger partial charge in [-0.1, -0.05) is 29.8 Å². The van der Waals surface area contributed by atoms with Gasteiger partial charge in [-0.05, 0) is 48.4 Å². The quantitative estimate of drug-likeness (QED) is 0.658. The number of thiazole rings is 1. The molecule has 0 unspecified atom stereocenters. The number of hydrogen-bond donors (Lipinski definition) is 0. The van der Waals surface area contributed by atoms with E-state index in [0.717, 1.165) is 16.9 Å². The Morgan fingerprint density at radius 2 is 1.79 bits per heavy atom. The Morgan fingerprint density at radius 1 is 1.11 bits per heavy atom. The van der Waals surface area contributed by atoms with Gasteiger partial charge in [-0.2, -0.15) is 15.8 Å². The van der Waals surface area contributed by atoms with Crippen LogP contribution in [-0.4, -0.2) is 4.57 Å². The summed E-state index contributed by atoms with van der Waals surface area (Å²) in [6.07, 6.45) is 1.67. The molecular weight excluding hydrogens is 392 g/mol. The van der Waals surface area contributed by atoms with E-state index in [0.29, 0.717) is 26.4 Å². The monoisotopic (exact) mass is 402 g/mol. The van der Waals surface area contributed by atoms with Crippen molar-refractivity contribution in [1.82, 2.24) is 4.57 Å². The summed E-state index contributed by atoms with van der Waals surface area (Å²) in [7, 11) is 0. The summed E-state index contributed by atoms with van der Waals surface area (Å²) >= 11 is 7.26. The van der Waals surface area contributed by atoms with Gasteiger partial charge in [-0.3, -0.25) is 9.36 Å². The highest BCUT2D eigenvalue weighted by atomic mass is 35.5. The first-order chi connectivity index (χ1) is 13.5. The second kappa shape index (κ2) is 7.94. The zero-order valence-electron chi connectivity index (χ0n) is 14.6. The van der Waals surface area contributed by atoms with Crippen molar-refractivity contribution in [3.05, 3.63) is 83.7 Å².